The van der Waals surface area contributed by atoms with E-state index in [1.807, 2.05) is 18.2 Å². The van der Waals surface area contributed by atoms with Crippen LogP contribution in [-0.2, 0) is 4.74 Å². The number of esters is 1. The molecule has 0 saturated heterocycles. The van der Waals surface area contributed by atoms with E-state index in [4.69, 9.17) is 4.74 Å². The number of fused-ring (bicyclic) bond motifs is 1. The topological polar surface area (TPSA) is 46.5 Å². The maximum atomic E-state index is 11.6. The normalized spacial score (nSPS) is 10.5. The minimum absolute atomic E-state index is 0.107. The molecule has 0 aromatic heterocycles. The first-order valence-electron chi connectivity index (χ1n) is 5.22. The lowest BCUT2D eigenvalue weighted by Crippen LogP contribution is -2.04. The molecule has 0 spiro atoms. The number of benzene rings is 2. The molecule has 2 rings (SSSR count). The van der Waals surface area contributed by atoms with Gasteiger partial charge in [0.1, 0.15) is 5.75 Å². The number of hydrogen-bond donors (Lipinski definition) is 1. The number of carbonyl (C=O) groups excluding carboxylic acids is 1. The van der Waals surface area contributed by atoms with Crippen molar-refractivity contribution in [3.8, 4) is 5.75 Å². The summed E-state index contributed by atoms with van der Waals surface area (Å²) in [5.74, 6) is -0.306. The summed E-state index contributed by atoms with van der Waals surface area (Å²) in [7, 11) is 0. The Morgan fingerprint density at radius 3 is 2.88 bits per heavy atom. The van der Waals surface area contributed by atoms with Crippen LogP contribution in [0.15, 0.2) is 30.3 Å². The van der Waals surface area contributed by atoms with Gasteiger partial charge in [-0.15, -0.1) is 0 Å². The Morgan fingerprint density at radius 2 is 2.18 bits per heavy atom. The number of phenolic OH excluding ortho intramolecular Hbond substituents is 1. The van der Waals surface area contributed by atoms with Crippen molar-refractivity contribution < 1.29 is 14.6 Å². The summed E-state index contributed by atoms with van der Waals surface area (Å²) in [4.78, 5) is 11.6. The highest BCUT2D eigenvalue weighted by molar-refractivity contribution is 14.1. The molecule has 0 heterocycles. The van der Waals surface area contributed by atoms with E-state index in [9.17, 15) is 9.90 Å². The molecule has 0 saturated carbocycles. The third kappa shape index (κ3) is 2.36. The highest BCUT2D eigenvalue weighted by atomic mass is 127. The molecule has 0 fully saturated rings. The molecule has 0 atom stereocenters. The Bertz CT molecular complexity index is 578. The van der Waals surface area contributed by atoms with Crippen molar-refractivity contribution in [3.63, 3.8) is 0 Å². The van der Waals surface area contributed by atoms with E-state index in [-0.39, 0.29) is 5.75 Å². The minimum Gasteiger partial charge on any atom is -0.507 e. The van der Waals surface area contributed by atoms with Gasteiger partial charge in [0, 0.05) is 8.96 Å². The van der Waals surface area contributed by atoms with Gasteiger partial charge in [0.25, 0.3) is 0 Å². The lowest BCUT2D eigenvalue weighted by molar-refractivity contribution is 0.0526. The number of phenols is 1. The van der Waals surface area contributed by atoms with Gasteiger partial charge in [-0.25, -0.2) is 4.79 Å². The standard InChI is InChI=1S/C13H11IO3/c1-2-17-13(16)9-6-8-4-3-5-10(14)12(8)11(15)7-9/h3-7,15H,2H2,1H3. The van der Waals surface area contributed by atoms with Gasteiger partial charge >= 0.3 is 5.97 Å². The van der Waals surface area contributed by atoms with E-state index in [0.717, 1.165) is 14.3 Å². The molecular weight excluding hydrogens is 331 g/mol. The third-order valence-corrected chi connectivity index (χ3v) is 3.32. The summed E-state index contributed by atoms with van der Waals surface area (Å²) in [6.07, 6.45) is 0. The predicted octanol–water partition coefficient (Wildman–Crippen LogP) is 3.33. The van der Waals surface area contributed by atoms with Gasteiger partial charge in [-0.3, -0.25) is 0 Å². The molecule has 0 unspecified atom stereocenters. The summed E-state index contributed by atoms with van der Waals surface area (Å²) in [6, 6.07) is 8.84. The molecule has 1 N–H and O–H groups in total. The van der Waals surface area contributed by atoms with Gasteiger partial charge in [0.15, 0.2) is 0 Å². The quantitative estimate of drug-likeness (QED) is 0.673. The van der Waals surface area contributed by atoms with Crippen molar-refractivity contribution in [2.24, 2.45) is 0 Å². The molecule has 88 valence electrons. The maximum absolute atomic E-state index is 11.6. The molecule has 2 aromatic rings. The molecule has 0 radical (unpaired) electrons. The largest absolute Gasteiger partial charge is 0.507 e. The zero-order valence-electron chi connectivity index (χ0n) is 9.24. The fourth-order valence-corrected chi connectivity index (χ4v) is 2.49. The fraction of sp³-hybridized carbons (Fsp3) is 0.154. The van der Waals surface area contributed by atoms with Crippen LogP contribution in [-0.4, -0.2) is 17.7 Å². The first-order valence-corrected chi connectivity index (χ1v) is 6.29. The summed E-state index contributed by atoms with van der Waals surface area (Å²) >= 11 is 2.15. The van der Waals surface area contributed by atoms with Gasteiger partial charge in [-0.2, -0.15) is 0 Å². The van der Waals surface area contributed by atoms with Crippen LogP contribution >= 0.6 is 22.6 Å². The number of ether oxygens (including phenoxy) is 1. The molecular formula is C13H11IO3. The van der Waals surface area contributed by atoms with E-state index in [0.29, 0.717) is 12.2 Å². The third-order valence-electron chi connectivity index (χ3n) is 2.42. The highest BCUT2D eigenvalue weighted by Crippen LogP contribution is 2.30. The second-order valence-corrected chi connectivity index (χ2v) is 4.72. The first-order chi connectivity index (χ1) is 8.13. The molecule has 0 aliphatic carbocycles. The molecule has 3 nitrogen and oxygen atoms in total. The molecule has 0 aliphatic heterocycles. The molecule has 17 heavy (non-hydrogen) atoms. The lowest BCUT2D eigenvalue weighted by atomic mass is 10.1. The van der Waals surface area contributed by atoms with Gasteiger partial charge in [0.2, 0.25) is 0 Å². The zero-order chi connectivity index (χ0) is 12.4. The van der Waals surface area contributed by atoms with Crippen LogP contribution in [0.4, 0.5) is 0 Å². The molecule has 0 amide bonds. The van der Waals surface area contributed by atoms with Crippen molar-refractivity contribution in [1.29, 1.82) is 0 Å². The SMILES string of the molecule is CCOC(=O)c1cc(O)c2c(I)cccc2c1. The average Bonchev–Trinajstić information content (AvgIpc) is 2.29. The van der Waals surface area contributed by atoms with Gasteiger partial charge in [-0.05, 0) is 53.1 Å². The number of rotatable bonds is 2. The van der Waals surface area contributed by atoms with Crippen molar-refractivity contribution in [2.75, 3.05) is 6.61 Å². The highest BCUT2D eigenvalue weighted by Gasteiger charge is 2.12. The van der Waals surface area contributed by atoms with Crippen molar-refractivity contribution >= 4 is 39.3 Å². The summed E-state index contributed by atoms with van der Waals surface area (Å²) in [5.41, 5.74) is 0.374. The Kier molecular flexibility index (Phi) is 3.51. The molecule has 0 bridgehead atoms. The van der Waals surface area contributed by atoms with Gasteiger partial charge in [-0.1, -0.05) is 12.1 Å². The van der Waals surface area contributed by atoms with E-state index < -0.39 is 5.97 Å². The monoisotopic (exact) mass is 342 g/mol. The maximum Gasteiger partial charge on any atom is 0.338 e. The Morgan fingerprint density at radius 1 is 1.41 bits per heavy atom. The van der Waals surface area contributed by atoms with Crippen LogP contribution in [0.5, 0.6) is 5.75 Å². The summed E-state index contributed by atoms with van der Waals surface area (Å²) < 4.78 is 5.86. The Labute approximate surface area is 113 Å². The van der Waals surface area contributed by atoms with Crippen LogP contribution in [0.2, 0.25) is 0 Å². The molecule has 0 aliphatic rings. The van der Waals surface area contributed by atoms with Crippen LogP contribution in [0.1, 0.15) is 17.3 Å². The van der Waals surface area contributed by atoms with E-state index in [2.05, 4.69) is 22.6 Å². The van der Waals surface area contributed by atoms with Crippen molar-refractivity contribution in [2.45, 2.75) is 6.92 Å². The smallest absolute Gasteiger partial charge is 0.338 e. The van der Waals surface area contributed by atoms with Gasteiger partial charge < -0.3 is 9.84 Å². The Hall–Kier alpha value is -1.30. The second kappa shape index (κ2) is 4.91. The number of halogens is 1. The fourth-order valence-electron chi connectivity index (χ4n) is 1.69. The van der Waals surface area contributed by atoms with E-state index in [1.165, 1.54) is 6.07 Å². The average molecular weight is 342 g/mol. The summed E-state index contributed by atoms with van der Waals surface area (Å²) in [6.45, 7) is 2.08. The first kappa shape index (κ1) is 12.2. The van der Waals surface area contributed by atoms with Crippen molar-refractivity contribution in [1.82, 2.24) is 0 Å². The Balaban J connectivity index is 2.60. The van der Waals surface area contributed by atoms with Crippen LogP contribution in [0.3, 0.4) is 0 Å². The predicted molar refractivity (Wildman–Crippen MR) is 74.3 cm³/mol. The van der Waals surface area contributed by atoms with Crippen LogP contribution in [0.25, 0.3) is 10.8 Å². The van der Waals surface area contributed by atoms with Crippen LogP contribution < -0.4 is 0 Å². The zero-order valence-corrected chi connectivity index (χ0v) is 11.4. The van der Waals surface area contributed by atoms with Crippen LogP contribution in [0, 0.1) is 3.57 Å². The lowest BCUT2D eigenvalue weighted by Gasteiger charge is -2.07. The molecule has 4 heteroatoms. The molecule has 2 aromatic carbocycles. The number of carbonyl (C=O) groups is 1. The number of hydrogen-bond acceptors (Lipinski definition) is 3. The second-order valence-electron chi connectivity index (χ2n) is 3.55. The minimum atomic E-state index is -0.413. The summed E-state index contributed by atoms with van der Waals surface area (Å²) in [5, 5.41) is 11.5. The van der Waals surface area contributed by atoms with E-state index >= 15 is 0 Å². The number of aromatic hydroxyl groups is 1. The van der Waals surface area contributed by atoms with E-state index in [1.54, 1.807) is 13.0 Å². The van der Waals surface area contributed by atoms with Crippen molar-refractivity contribution in [3.05, 3.63) is 39.5 Å². The van der Waals surface area contributed by atoms with Gasteiger partial charge in [0.05, 0.1) is 12.2 Å².